The average Bonchev–Trinajstić information content (AvgIpc) is 3.04. The fraction of sp³-hybridized carbons (Fsp3) is 0.786. The quantitative estimate of drug-likeness (QED) is 0.470. The predicted molar refractivity (Wildman–Crippen MR) is 126 cm³/mol. The molecule has 3 saturated carbocycles. The third-order valence-electron chi connectivity index (χ3n) is 8.99. The molecule has 0 aliphatic heterocycles. The Bertz CT molecular complexity index is 639. The zero-order chi connectivity index (χ0) is 21.2. The molecule has 164 valence electrons. The summed E-state index contributed by atoms with van der Waals surface area (Å²) in [4.78, 5) is 0. The normalized spacial score (nSPS) is 40.7. The van der Waals surface area contributed by atoms with Gasteiger partial charge in [-0.1, -0.05) is 77.0 Å². The minimum absolute atomic E-state index is 0.121. The van der Waals surface area contributed by atoms with Crippen molar-refractivity contribution >= 4 is 0 Å². The van der Waals surface area contributed by atoms with Gasteiger partial charge in [-0.3, -0.25) is 0 Å². The second-order valence-electron chi connectivity index (χ2n) is 11.3. The molecule has 0 aromatic heterocycles. The van der Waals surface area contributed by atoms with E-state index in [0.717, 1.165) is 37.0 Å². The van der Waals surface area contributed by atoms with Gasteiger partial charge in [0.2, 0.25) is 0 Å². The molecule has 0 unspecified atom stereocenters. The van der Waals surface area contributed by atoms with Crippen molar-refractivity contribution in [3.8, 4) is 0 Å². The summed E-state index contributed by atoms with van der Waals surface area (Å²) in [6, 6.07) is 0. The monoisotopic (exact) mass is 398 g/mol. The molecule has 0 heterocycles. The van der Waals surface area contributed by atoms with Crippen LogP contribution in [0, 0.1) is 40.9 Å². The Kier molecular flexibility index (Phi) is 7.52. The summed E-state index contributed by atoms with van der Waals surface area (Å²) in [5.41, 5.74) is 3.63. The Morgan fingerprint density at radius 2 is 1.69 bits per heavy atom. The van der Waals surface area contributed by atoms with Gasteiger partial charge in [0.05, 0.1) is 6.10 Å². The zero-order valence-corrected chi connectivity index (χ0v) is 20.0. The molecule has 0 radical (unpaired) electrons. The van der Waals surface area contributed by atoms with Crippen molar-refractivity contribution in [1.29, 1.82) is 0 Å². The number of aliphatic hydroxyl groups excluding tert-OH is 1. The lowest BCUT2D eigenvalue weighted by atomic mass is 9.61. The standard InChI is InChI=1S/C28H46O/c1-19(2)20(3)9-10-22(5)26-15-16-27-23(8-7-17-28(26,27)6)12-13-24-18-25(29)14-11-21(24)4/h9-10,12-13,19-22,25-27,29H,7-8,11,14-18H2,1-6H3/b10-9+,23-12+,24-13+/t20-,21-,22+,25-,26+,27+,28-/m0/s1. The molecule has 1 N–H and O–H groups in total. The third-order valence-corrected chi connectivity index (χ3v) is 8.99. The third kappa shape index (κ3) is 5.09. The van der Waals surface area contributed by atoms with Crippen molar-refractivity contribution in [1.82, 2.24) is 0 Å². The van der Waals surface area contributed by atoms with Gasteiger partial charge < -0.3 is 5.11 Å². The molecule has 0 aromatic rings. The molecule has 0 spiro atoms. The highest BCUT2D eigenvalue weighted by molar-refractivity contribution is 5.27. The first-order valence-electron chi connectivity index (χ1n) is 12.5. The largest absolute Gasteiger partial charge is 0.393 e. The Morgan fingerprint density at radius 1 is 0.966 bits per heavy atom. The van der Waals surface area contributed by atoms with Crippen molar-refractivity contribution in [2.45, 2.75) is 99.0 Å². The van der Waals surface area contributed by atoms with Gasteiger partial charge in [-0.2, -0.15) is 0 Å². The van der Waals surface area contributed by atoms with Crippen LogP contribution in [0.3, 0.4) is 0 Å². The molecule has 1 nitrogen and oxygen atoms in total. The van der Waals surface area contributed by atoms with E-state index in [0.29, 0.717) is 23.2 Å². The predicted octanol–water partition coefficient (Wildman–Crippen LogP) is 7.72. The van der Waals surface area contributed by atoms with Crippen molar-refractivity contribution in [2.75, 3.05) is 0 Å². The van der Waals surface area contributed by atoms with Gasteiger partial charge in [0, 0.05) is 0 Å². The van der Waals surface area contributed by atoms with E-state index in [1.54, 1.807) is 5.57 Å². The van der Waals surface area contributed by atoms with Gasteiger partial charge >= 0.3 is 0 Å². The first-order valence-corrected chi connectivity index (χ1v) is 12.5. The maximum atomic E-state index is 10.1. The van der Waals surface area contributed by atoms with Crippen molar-refractivity contribution < 1.29 is 5.11 Å². The van der Waals surface area contributed by atoms with Crippen LogP contribution in [0.2, 0.25) is 0 Å². The molecule has 0 amide bonds. The molecule has 1 heteroatoms. The van der Waals surface area contributed by atoms with Crippen molar-refractivity contribution in [3.63, 3.8) is 0 Å². The lowest BCUT2D eigenvalue weighted by Gasteiger charge is -2.44. The highest BCUT2D eigenvalue weighted by Crippen LogP contribution is 2.59. The van der Waals surface area contributed by atoms with Gasteiger partial charge in [-0.05, 0) is 92.3 Å². The van der Waals surface area contributed by atoms with Crippen LogP contribution in [0.4, 0.5) is 0 Å². The minimum atomic E-state index is -0.121. The molecule has 29 heavy (non-hydrogen) atoms. The molecule has 3 fully saturated rings. The fourth-order valence-electron chi connectivity index (χ4n) is 6.50. The van der Waals surface area contributed by atoms with E-state index in [9.17, 15) is 5.11 Å². The van der Waals surface area contributed by atoms with Crippen LogP contribution in [0.15, 0.2) is 35.5 Å². The molecule has 3 rings (SSSR count). The summed E-state index contributed by atoms with van der Waals surface area (Å²) in [6.07, 6.45) is 19.5. The maximum Gasteiger partial charge on any atom is 0.0577 e. The number of aliphatic hydroxyl groups is 1. The molecule has 3 aliphatic rings. The summed E-state index contributed by atoms with van der Waals surface area (Å²) in [6.45, 7) is 14.4. The summed E-state index contributed by atoms with van der Waals surface area (Å²) < 4.78 is 0. The zero-order valence-electron chi connectivity index (χ0n) is 20.0. The number of rotatable bonds is 5. The molecular formula is C28H46O. The van der Waals surface area contributed by atoms with Gasteiger partial charge in [0.1, 0.15) is 0 Å². The van der Waals surface area contributed by atoms with E-state index in [1.807, 2.05) is 0 Å². The van der Waals surface area contributed by atoms with E-state index < -0.39 is 0 Å². The van der Waals surface area contributed by atoms with Crippen LogP contribution in [0.1, 0.15) is 92.9 Å². The highest BCUT2D eigenvalue weighted by atomic mass is 16.3. The molecule has 7 atom stereocenters. The number of hydrogen-bond acceptors (Lipinski definition) is 1. The van der Waals surface area contributed by atoms with E-state index in [-0.39, 0.29) is 6.10 Å². The highest BCUT2D eigenvalue weighted by Gasteiger charge is 2.50. The topological polar surface area (TPSA) is 20.2 Å². The van der Waals surface area contributed by atoms with E-state index >= 15 is 0 Å². The fourth-order valence-corrected chi connectivity index (χ4v) is 6.50. The van der Waals surface area contributed by atoms with E-state index in [4.69, 9.17) is 0 Å². The molecule has 0 saturated heterocycles. The minimum Gasteiger partial charge on any atom is -0.393 e. The van der Waals surface area contributed by atoms with Crippen molar-refractivity contribution in [2.24, 2.45) is 40.9 Å². The van der Waals surface area contributed by atoms with Crippen LogP contribution in [0.25, 0.3) is 0 Å². The lowest BCUT2D eigenvalue weighted by Crippen LogP contribution is -2.35. The van der Waals surface area contributed by atoms with Gasteiger partial charge in [0.15, 0.2) is 0 Å². The first-order chi connectivity index (χ1) is 13.7. The first kappa shape index (κ1) is 22.9. The van der Waals surface area contributed by atoms with E-state index in [2.05, 4.69) is 65.8 Å². The maximum absolute atomic E-state index is 10.1. The lowest BCUT2D eigenvalue weighted by molar-refractivity contribution is 0.112. The van der Waals surface area contributed by atoms with Crippen LogP contribution in [-0.4, -0.2) is 11.2 Å². The second-order valence-corrected chi connectivity index (χ2v) is 11.3. The Morgan fingerprint density at radius 3 is 2.41 bits per heavy atom. The summed E-state index contributed by atoms with van der Waals surface area (Å²) in [5.74, 6) is 4.29. The smallest absolute Gasteiger partial charge is 0.0577 e. The molecule has 0 bridgehead atoms. The van der Waals surface area contributed by atoms with Crippen LogP contribution in [-0.2, 0) is 0 Å². The number of fused-ring (bicyclic) bond motifs is 1. The Balaban J connectivity index is 1.74. The molecular weight excluding hydrogens is 352 g/mol. The summed E-state index contributed by atoms with van der Waals surface area (Å²) in [5, 5.41) is 10.1. The SMILES string of the molecule is CC(C)[C@@H](C)/C=C/[C@@H](C)[C@H]1CC[C@@H]2/C(=C/C=C3\C[C@@H](O)CC[C@@H]3C)CCC[C@]21C. The van der Waals surface area contributed by atoms with Gasteiger partial charge in [-0.25, -0.2) is 0 Å². The Hall–Kier alpha value is -0.820. The van der Waals surface area contributed by atoms with Gasteiger partial charge in [-0.15, -0.1) is 0 Å². The Labute approximate surface area is 180 Å². The number of allylic oxidation sites excluding steroid dienone is 5. The second kappa shape index (κ2) is 9.54. The number of hydrogen-bond donors (Lipinski definition) is 1. The van der Waals surface area contributed by atoms with Gasteiger partial charge in [0.25, 0.3) is 0 Å². The molecule has 0 aromatic carbocycles. The average molecular weight is 399 g/mol. The van der Waals surface area contributed by atoms with Crippen LogP contribution in [0.5, 0.6) is 0 Å². The summed E-state index contributed by atoms with van der Waals surface area (Å²) in [7, 11) is 0. The van der Waals surface area contributed by atoms with Crippen LogP contribution >= 0.6 is 0 Å². The van der Waals surface area contributed by atoms with Crippen LogP contribution < -0.4 is 0 Å². The van der Waals surface area contributed by atoms with E-state index in [1.165, 1.54) is 37.7 Å². The van der Waals surface area contributed by atoms with Crippen molar-refractivity contribution in [3.05, 3.63) is 35.5 Å². The summed E-state index contributed by atoms with van der Waals surface area (Å²) >= 11 is 0. The molecule has 3 aliphatic carbocycles.